The number of nitriles is 1. The first-order valence-electron chi connectivity index (χ1n) is 13.8. The molecule has 4 aromatic rings. The van der Waals surface area contributed by atoms with Crippen molar-refractivity contribution in [1.29, 1.82) is 5.26 Å². The van der Waals surface area contributed by atoms with E-state index in [1.807, 2.05) is 57.6 Å². The van der Waals surface area contributed by atoms with E-state index >= 15 is 0 Å². The van der Waals surface area contributed by atoms with Crippen LogP contribution in [-0.2, 0) is 22.3 Å². The fourth-order valence-corrected chi connectivity index (χ4v) is 5.77. The normalized spacial score (nSPS) is 17.4. The smallest absolute Gasteiger partial charge is 0.259 e. The number of aromatic nitrogens is 4. The molecule has 2 heterocycles. The Balaban J connectivity index is 1.55. The Morgan fingerprint density at radius 1 is 1.05 bits per heavy atom. The molecule has 202 valence electrons. The van der Waals surface area contributed by atoms with Crippen molar-refractivity contribution in [2.24, 2.45) is 0 Å². The van der Waals surface area contributed by atoms with Crippen LogP contribution in [0.4, 0.5) is 0 Å². The van der Waals surface area contributed by atoms with Crippen molar-refractivity contribution < 1.29 is 9.47 Å². The van der Waals surface area contributed by atoms with Crippen LogP contribution in [0.2, 0.25) is 0 Å². The Bertz CT molecular complexity index is 1510. The van der Waals surface area contributed by atoms with Crippen LogP contribution in [0.1, 0.15) is 67.5 Å². The number of benzene rings is 2. The molecule has 1 aliphatic carbocycles. The van der Waals surface area contributed by atoms with Gasteiger partial charge in [0, 0.05) is 25.1 Å². The molecule has 0 atom stereocenters. The SMILES string of the molecule is CCCc1c(Cc2cccc(-c3ccccc3)c2C#N)c(=O)n(C2CCC(OCCOC)CC2)c2ncnn12. The minimum absolute atomic E-state index is 0.0204. The zero-order valence-electron chi connectivity index (χ0n) is 22.7. The zero-order chi connectivity index (χ0) is 27.2. The standard InChI is InChI=1S/C31H35N5O3/c1-3-8-29-27(19-23-11-7-12-26(28(23)20-32)22-9-5-4-6-10-22)30(37)35(31-33-21-34-36(29)31)24-13-15-25(16-14-24)39-18-17-38-2/h4-7,9-12,21,24-25H,3,8,13-19H2,1-2H3. The molecule has 5 rings (SSSR count). The van der Waals surface area contributed by atoms with Gasteiger partial charge in [-0.05, 0) is 48.8 Å². The van der Waals surface area contributed by atoms with Crippen LogP contribution < -0.4 is 5.56 Å². The molecule has 0 aliphatic heterocycles. The van der Waals surface area contributed by atoms with Crippen molar-refractivity contribution in [2.45, 2.75) is 64.0 Å². The van der Waals surface area contributed by atoms with E-state index in [2.05, 4.69) is 23.1 Å². The van der Waals surface area contributed by atoms with Gasteiger partial charge in [-0.2, -0.15) is 15.3 Å². The molecule has 0 amide bonds. The number of nitrogens with zero attached hydrogens (tertiary/aromatic N) is 5. The highest BCUT2D eigenvalue weighted by atomic mass is 16.5. The summed E-state index contributed by atoms with van der Waals surface area (Å²) in [7, 11) is 1.67. The third-order valence-electron chi connectivity index (χ3n) is 7.68. The van der Waals surface area contributed by atoms with Gasteiger partial charge in [0.25, 0.3) is 5.56 Å². The summed E-state index contributed by atoms with van der Waals surface area (Å²) in [6, 6.07) is 18.3. The number of hydrogen-bond donors (Lipinski definition) is 0. The molecule has 2 aromatic heterocycles. The third kappa shape index (κ3) is 5.51. The van der Waals surface area contributed by atoms with Crippen LogP contribution in [-0.4, -0.2) is 45.6 Å². The Morgan fingerprint density at radius 2 is 1.85 bits per heavy atom. The van der Waals surface area contributed by atoms with Crippen LogP contribution in [0.25, 0.3) is 16.9 Å². The number of fused-ring (bicyclic) bond motifs is 1. The molecule has 0 radical (unpaired) electrons. The van der Waals surface area contributed by atoms with E-state index in [0.29, 0.717) is 43.0 Å². The Labute approximate surface area is 228 Å². The number of rotatable bonds is 10. The molecule has 1 saturated carbocycles. The minimum atomic E-state index is -0.0308. The first-order valence-corrected chi connectivity index (χ1v) is 13.8. The number of ether oxygens (including phenoxy) is 2. The summed E-state index contributed by atoms with van der Waals surface area (Å²) >= 11 is 0. The average Bonchev–Trinajstić information content (AvgIpc) is 3.45. The summed E-state index contributed by atoms with van der Waals surface area (Å²) in [5.74, 6) is 0.592. The van der Waals surface area contributed by atoms with Crippen molar-refractivity contribution in [3.8, 4) is 17.2 Å². The van der Waals surface area contributed by atoms with Crippen LogP contribution >= 0.6 is 0 Å². The van der Waals surface area contributed by atoms with E-state index < -0.39 is 0 Å². The van der Waals surface area contributed by atoms with Gasteiger partial charge in [0.2, 0.25) is 5.78 Å². The molecule has 8 heteroatoms. The second-order valence-electron chi connectivity index (χ2n) is 10.1. The van der Waals surface area contributed by atoms with Gasteiger partial charge in [0.1, 0.15) is 12.4 Å². The number of methoxy groups -OCH3 is 1. The fourth-order valence-electron chi connectivity index (χ4n) is 5.77. The molecular weight excluding hydrogens is 490 g/mol. The zero-order valence-corrected chi connectivity index (χ0v) is 22.7. The lowest BCUT2D eigenvalue weighted by Gasteiger charge is -2.30. The van der Waals surface area contributed by atoms with E-state index in [-0.39, 0.29) is 17.7 Å². The van der Waals surface area contributed by atoms with E-state index in [1.165, 1.54) is 6.33 Å². The molecule has 1 aliphatic rings. The van der Waals surface area contributed by atoms with Crippen molar-refractivity contribution in [1.82, 2.24) is 19.2 Å². The first kappa shape index (κ1) is 26.8. The highest BCUT2D eigenvalue weighted by Gasteiger charge is 2.28. The molecule has 0 saturated heterocycles. The number of aryl methyl sites for hydroxylation is 1. The molecule has 0 bridgehead atoms. The minimum Gasteiger partial charge on any atom is -0.382 e. The average molecular weight is 526 g/mol. The van der Waals surface area contributed by atoms with Crippen LogP contribution in [0.3, 0.4) is 0 Å². The summed E-state index contributed by atoms with van der Waals surface area (Å²) in [4.78, 5) is 18.8. The highest BCUT2D eigenvalue weighted by Crippen LogP contribution is 2.32. The second-order valence-corrected chi connectivity index (χ2v) is 10.1. The summed E-state index contributed by atoms with van der Waals surface area (Å²) in [6.45, 7) is 3.26. The van der Waals surface area contributed by atoms with Gasteiger partial charge in [-0.1, -0.05) is 61.9 Å². The van der Waals surface area contributed by atoms with Crippen molar-refractivity contribution >= 4 is 5.78 Å². The van der Waals surface area contributed by atoms with Gasteiger partial charge in [-0.15, -0.1) is 0 Å². The summed E-state index contributed by atoms with van der Waals surface area (Å²) < 4.78 is 14.8. The first-order chi connectivity index (χ1) is 19.2. The molecule has 1 fully saturated rings. The molecule has 2 aromatic carbocycles. The Morgan fingerprint density at radius 3 is 2.56 bits per heavy atom. The third-order valence-corrected chi connectivity index (χ3v) is 7.68. The Hall–Kier alpha value is -3.80. The molecular formula is C31H35N5O3. The largest absolute Gasteiger partial charge is 0.382 e. The maximum Gasteiger partial charge on any atom is 0.259 e. The lowest BCUT2D eigenvalue weighted by atomic mass is 9.91. The monoisotopic (exact) mass is 525 g/mol. The van der Waals surface area contributed by atoms with Crippen LogP contribution in [0.5, 0.6) is 0 Å². The topological polar surface area (TPSA) is 94.4 Å². The quantitative estimate of drug-likeness (QED) is 0.267. The lowest BCUT2D eigenvalue weighted by molar-refractivity contribution is -0.00650. The lowest BCUT2D eigenvalue weighted by Crippen LogP contribution is -2.35. The summed E-state index contributed by atoms with van der Waals surface area (Å²) in [5, 5.41) is 14.8. The maximum atomic E-state index is 14.3. The van der Waals surface area contributed by atoms with Crippen molar-refractivity contribution in [3.63, 3.8) is 0 Å². The van der Waals surface area contributed by atoms with E-state index in [9.17, 15) is 10.1 Å². The second kappa shape index (κ2) is 12.4. The molecule has 39 heavy (non-hydrogen) atoms. The van der Waals surface area contributed by atoms with E-state index in [4.69, 9.17) is 9.47 Å². The van der Waals surface area contributed by atoms with E-state index in [1.54, 1.807) is 7.11 Å². The van der Waals surface area contributed by atoms with Gasteiger partial charge < -0.3 is 9.47 Å². The number of hydrogen-bond acceptors (Lipinski definition) is 6. The van der Waals surface area contributed by atoms with E-state index in [0.717, 1.165) is 54.5 Å². The molecule has 0 unspecified atom stereocenters. The predicted octanol–water partition coefficient (Wildman–Crippen LogP) is 5.12. The maximum absolute atomic E-state index is 14.3. The summed E-state index contributed by atoms with van der Waals surface area (Å²) in [6.07, 6.45) is 7.07. The van der Waals surface area contributed by atoms with Gasteiger partial charge in [0.15, 0.2) is 0 Å². The van der Waals surface area contributed by atoms with Gasteiger partial charge in [-0.3, -0.25) is 9.36 Å². The van der Waals surface area contributed by atoms with Gasteiger partial charge in [-0.25, -0.2) is 4.52 Å². The highest BCUT2D eigenvalue weighted by molar-refractivity contribution is 5.72. The van der Waals surface area contributed by atoms with Crippen molar-refractivity contribution in [3.05, 3.63) is 87.6 Å². The van der Waals surface area contributed by atoms with Crippen LogP contribution in [0, 0.1) is 11.3 Å². The summed E-state index contributed by atoms with van der Waals surface area (Å²) in [5.41, 5.74) is 4.84. The Kier molecular flexibility index (Phi) is 8.50. The molecule has 0 N–H and O–H groups in total. The fraction of sp³-hybridized carbons (Fsp3) is 0.419. The van der Waals surface area contributed by atoms with Gasteiger partial charge in [0.05, 0.1) is 30.6 Å². The van der Waals surface area contributed by atoms with Gasteiger partial charge >= 0.3 is 0 Å². The molecule has 0 spiro atoms. The predicted molar refractivity (Wildman–Crippen MR) is 150 cm³/mol. The molecule has 8 nitrogen and oxygen atoms in total. The van der Waals surface area contributed by atoms with Crippen molar-refractivity contribution in [2.75, 3.05) is 20.3 Å². The van der Waals surface area contributed by atoms with Crippen LogP contribution in [0.15, 0.2) is 59.7 Å².